The second-order valence-electron chi connectivity index (χ2n) is 6.77. The summed E-state index contributed by atoms with van der Waals surface area (Å²) in [5.41, 5.74) is 2.69. The van der Waals surface area contributed by atoms with Crippen LogP contribution in [0.2, 0.25) is 0 Å². The average molecular weight is 377 g/mol. The summed E-state index contributed by atoms with van der Waals surface area (Å²) in [6.45, 7) is 2.47. The molecule has 1 aliphatic heterocycles. The minimum Gasteiger partial charge on any atom is -0.381 e. The first-order chi connectivity index (χ1) is 13.8. The van der Waals surface area contributed by atoms with Gasteiger partial charge < -0.3 is 15.4 Å². The van der Waals surface area contributed by atoms with Gasteiger partial charge >= 0.3 is 0 Å². The summed E-state index contributed by atoms with van der Waals surface area (Å²) >= 11 is 0. The van der Waals surface area contributed by atoms with Gasteiger partial charge in [0.15, 0.2) is 0 Å². The number of aromatic nitrogens is 3. The van der Waals surface area contributed by atoms with Crippen LogP contribution in [0.15, 0.2) is 48.9 Å². The molecular formula is C21H23N5O2. The first-order valence-corrected chi connectivity index (χ1v) is 9.57. The number of carbonyl (C=O) groups is 1. The van der Waals surface area contributed by atoms with E-state index in [9.17, 15) is 4.79 Å². The molecule has 1 saturated heterocycles. The lowest BCUT2D eigenvalue weighted by atomic mass is 9.99. The van der Waals surface area contributed by atoms with E-state index in [-0.39, 0.29) is 11.8 Å². The van der Waals surface area contributed by atoms with E-state index >= 15 is 0 Å². The number of rotatable bonds is 6. The van der Waals surface area contributed by atoms with E-state index in [2.05, 4.69) is 20.6 Å². The second kappa shape index (κ2) is 8.75. The predicted molar refractivity (Wildman–Crippen MR) is 108 cm³/mol. The molecule has 3 aromatic heterocycles. The maximum Gasteiger partial charge on any atom is 0.223 e. The lowest BCUT2D eigenvalue weighted by molar-refractivity contribution is -0.127. The normalized spacial score (nSPS) is 14.7. The molecule has 0 bridgehead atoms. The summed E-state index contributed by atoms with van der Waals surface area (Å²) < 4.78 is 5.31. The highest BCUT2D eigenvalue weighted by molar-refractivity contribution is 5.91. The van der Waals surface area contributed by atoms with Crippen LogP contribution in [-0.4, -0.2) is 47.2 Å². The first kappa shape index (κ1) is 18.3. The monoisotopic (exact) mass is 377 g/mol. The number of pyridine rings is 3. The highest BCUT2D eigenvalue weighted by Gasteiger charge is 2.20. The Bertz CT molecular complexity index is 942. The lowest BCUT2D eigenvalue weighted by Crippen LogP contribution is -2.36. The van der Waals surface area contributed by atoms with Crippen LogP contribution >= 0.6 is 0 Å². The van der Waals surface area contributed by atoms with E-state index in [1.807, 2.05) is 30.3 Å². The zero-order valence-electron chi connectivity index (χ0n) is 15.6. The van der Waals surface area contributed by atoms with Gasteiger partial charge in [-0.05, 0) is 43.2 Å². The van der Waals surface area contributed by atoms with Crippen LogP contribution < -0.4 is 10.6 Å². The number of ether oxygens (including phenoxy) is 1. The molecule has 0 unspecified atom stereocenters. The number of anilines is 1. The van der Waals surface area contributed by atoms with E-state index in [1.165, 1.54) is 0 Å². The van der Waals surface area contributed by atoms with Crippen molar-refractivity contribution in [3.63, 3.8) is 0 Å². The van der Waals surface area contributed by atoms with E-state index in [0.29, 0.717) is 26.3 Å². The molecule has 0 radical (unpaired) electrons. The van der Waals surface area contributed by atoms with E-state index in [4.69, 9.17) is 9.72 Å². The molecule has 144 valence electrons. The van der Waals surface area contributed by atoms with Gasteiger partial charge in [0.25, 0.3) is 0 Å². The molecule has 3 aromatic rings. The molecule has 1 aliphatic rings. The summed E-state index contributed by atoms with van der Waals surface area (Å²) in [5.74, 6) is 0.930. The van der Waals surface area contributed by atoms with Crippen LogP contribution in [0, 0.1) is 5.92 Å². The molecule has 0 aromatic carbocycles. The van der Waals surface area contributed by atoms with Crippen LogP contribution in [0.5, 0.6) is 0 Å². The van der Waals surface area contributed by atoms with Crippen LogP contribution in [0.1, 0.15) is 12.8 Å². The Morgan fingerprint density at radius 1 is 1.11 bits per heavy atom. The van der Waals surface area contributed by atoms with Gasteiger partial charge in [-0.1, -0.05) is 0 Å². The van der Waals surface area contributed by atoms with Crippen LogP contribution in [0.25, 0.3) is 22.2 Å². The van der Waals surface area contributed by atoms with Crippen molar-refractivity contribution in [2.24, 2.45) is 5.92 Å². The number of nitrogens with zero attached hydrogens (tertiary/aromatic N) is 3. The number of carbonyl (C=O) groups excluding carboxylic acids is 1. The Morgan fingerprint density at radius 2 is 1.93 bits per heavy atom. The number of amides is 1. The highest BCUT2D eigenvalue weighted by Crippen LogP contribution is 2.26. The van der Waals surface area contributed by atoms with Crippen molar-refractivity contribution in [1.29, 1.82) is 0 Å². The third-order valence-electron chi connectivity index (χ3n) is 4.88. The van der Waals surface area contributed by atoms with Gasteiger partial charge in [-0.3, -0.25) is 14.8 Å². The van der Waals surface area contributed by atoms with Gasteiger partial charge in [0, 0.05) is 61.8 Å². The van der Waals surface area contributed by atoms with Gasteiger partial charge in [0.05, 0.1) is 11.2 Å². The number of fused-ring (bicyclic) bond motifs is 1. The molecule has 2 N–H and O–H groups in total. The molecule has 4 heterocycles. The van der Waals surface area contributed by atoms with Crippen molar-refractivity contribution < 1.29 is 9.53 Å². The van der Waals surface area contributed by atoms with Crippen LogP contribution in [0.4, 0.5) is 5.82 Å². The fourth-order valence-electron chi connectivity index (χ4n) is 3.35. The van der Waals surface area contributed by atoms with E-state index in [0.717, 1.165) is 40.8 Å². The number of hydrogen-bond donors (Lipinski definition) is 2. The van der Waals surface area contributed by atoms with Crippen LogP contribution in [-0.2, 0) is 9.53 Å². The Balaban J connectivity index is 1.44. The van der Waals surface area contributed by atoms with Crippen molar-refractivity contribution in [3.05, 3.63) is 48.9 Å². The summed E-state index contributed by atoms with van der Waals surface area (Å²) in [7, 11) is 0. The highest BCUT2D eigenvalue weighted by atomic mass is 16.5. The van der Waals surface area contributed by atoms with Crippen molar-refractivity contribution in [1.82, 2.24) is 20.3 Å². The summed E-state index contributed by atoms with van der Waals surface area (Å²) in [6.07, 6.45) is 6.86. The molecule has 1 amide bonds. The number of nitrogens with one attached hydrogen (secondary N) is 2. The Kier molecular flexibility index (Phi) is 5.72. The fourth-order valence-corrected chi connectivity index (χ4v) is 3.35. The van der Waals surface area contributed by atoms with E-state index < -0.39 is 0 Å². The molecule has 1 fully saturated rings. The molecule has 7 nitrogen and oxygen atoms in total. The SMILES string of the molecule is O=C(NCCNc1nc(-c2ccncc2)cc2ncccc12)C1CCOCC1. The van der Waals surface area contributed by atoms with Gasteiger partial charge in [-0.25, -0.2) is 4.98 Å². The maximum absolute atomic E-state index is 12.2. The molecular weight excluding hydrogens is 354 g/mol. The summed E-state index contributed by atoms with van der Waals surface area (Å²) in [5, 5.41) is 7.31. The second-order valence-corrected chi connectivity index (χ2v) is 6.77. The lowest BCUT2D eigenvalue weighted by Gasteiger charge is -2.21. The first-order valence-electron chi connectivity index (χ1n) is 9.57. The largest absolute Gasteiger partial charge is 0.381 e. The molecule has 4 rings (SSSR count). The summed E-state index contributed by atoms with van der Waals surface area (Å²) in [6, 6.07) is 9.72. The molecule has 28 heavy (non-hydrogen) atoms. The van der Waals surface area contributed by atoms with Crippen molar-refractivity contribution in [2.75, 3.05) is 31.6 Å². The minimum absolute atomic E-state index is 0.0620. The van der Waals surface area contributed by atoms with Gasteiger partial charge in [-0.15, -0.1) is 0 Å². The van der Waals surface area contributed by atoms with Crippen molar-refractivity contribution >= 4 is 22.6 Å². The standard InChI is InChI=1S/C21H23N5O2/c27-21(16-5-12-28-13-6-16)25-11-10-24-20-17-2-1-7-23-19(17)14-18(26-20)15-3-8-22-9-4-15/h1-4,7-9,14,16H,5-6,10-13H2,(H,24,26)(H,25,27). The van der Waals surface area contributed by atoms with Gasteiger partial charge in [0.2, 0.25) is 5.91 Å². The zero-order valence-corrected chi connectivity index (χ0v) is 15.6. The van der Waals surface area contributed by atoms with Crippen molar-refractivity contribution in [2.45, 2.75) is 12.8 Å². The molecule has 7 heteroatoms. The fraction of sp³-hybridized carbons (Fsp3) is 0.333. The Morgan fingerprint density at radius 3 is 2.75 bits per heavy atom. The average Bonchev–Trinajstić information content (AvgIpc) is 2.77. The van der Waals surface area contributed by atoms with Gasteiger partial charge in [0.1, 0.15) is 5.82 Å². The molecule has 0 aliphatic carbocycles. The van der Waals surface area contributed by atoms with Crippen LogP contribution in [0.3, 0.4) is 0 Å². The molecule has 0 atom stereocenters. The smallest absolute Gasteiger partial charge is 0.223 e. The molecule has 0 saturated carbocycles. The number of hydrogen-bond acceptors (Lipinski definition) is 6. The Hall–Kier alpha value is -3.06. The minimum atomic E-state index is 0.0620. The summed E-state index contributed by atoms with van der Waals surface area (Å²) in [4.78, 5) is 25.5. The zero-order chi connectivity index (χ0) is 19.2. The van der Waals surface area contributed by atoms with Gasteiger partial charge in [-0.2, -0.15) is 0 Å². The maximum atomic E-state index is 12.2. The third kappa shape index (κ3) is 4.26. The Labute approximate surface area is 163 Å². The third-order valence-corrected chi connectivity index (χ3v) is 4.88. The quantitative estimate of drug-likeness (QED) is 0.642. The van der Waals surface area contributed by atoms with E-state index in [1.54, 1.807) is 18.6 Å². The molecule has 0 spiro atoms. The van der Waals surface area contributed by atoms with Crippen molar-refractivity contribution in [3.8, 4) is 11.3 Å². The topological polar surface area (TPSA) is 89.0 Å². The predicted octanol–water partition coefficient (Wildman–Crippen LogP) is 2.65.